The fourth-order valence-electron chi connectivity index (χ4n) is 2.53. The lowest BCUT2D eigenvalue weighted by molar-refractivity contribution is -0.633. The lowest BCUT2D eigenvalue weighted by Crippen LogP contribution is -2.32. The lowest BCUT2D eigenvalue weighted by Gasteiger charge is -2.10. The zero-order valence-corrected chi connectivity index (χ0v) is 12.2. The van der Waals surface area contributed by atoms with Gasteiger partial charge in [0.25, 0.3) is 5.69 Å². The fourth-order valence-corrected chi connectivity index (χ4v) is 2.76. The van der Waals surface area contributed by atoms with Gasteiger partial charge in [-0.1, -0.05) is 35.9 Å². The summed E-state index contributed by atoms with van der Waals surface area (Å²) in [6.07, 6.45) is 0. The smallest absolute Gasteiger partial charge is 0.256 e. The highest BCUT2D eigenvalue weighted by Crippen LogP contribution is 2.33. The van der Waals surface area contributed by atoms with E-state index in [4.69, 9.17) is 16.3 Å². The van der Waals surface area contributed by atoms with Crippen LogP contribution in [0.25, 0.3) is 22.2 Å². The van der Waals surface area contributed by atoms with E-state index in [2.05, 4.69) is 16.7 Å². The van der Waals surface area contributed by atoms with E-state index in [1.807, 2.05) is 49.5 Å². The number of para-hydroxylation sites is 1. The third kappa shape index (κ3) is 2.02. The van der Waals surface area contributed by atoms with Gasteiger partial charge in [0.15, 0.2) is 5.75 Å². The van der Waals surface area contributed by atoms with Gasteiger partial charge in [-0.25, -0.2) is 0 Å². The summed E-state index contributed by atoms with van der Waals surface area (Å²) in [6, 6.07) is 18.1. The van der Waals surface area contributed by atoms with Crippen LogP contribution >= 0.6 is 11.6 Å². The lowest BCUT2D eigenvalue weighted by atomic mass is 10.1. The zero-order valence-electron chi connectivity index (χ0n) is 11.4. The van der Waals surface area contributed by atoms with E-state index in [1.54, 1.807) is 7.11 Å². The number of nitrogens with zero attached hydrogens (tertiary/aromatic N) is 1. The van der Waals surface area contributed by atoms with Gasteiger partial charge in [-0.15, -0.1) is 0 Å². The monoisotopic (exact) mass is 284 g/mol. The molecule has 1 aromatic heterocycles. The Hall–Kier alpha value is -2.06. The number of methoxy groups -OCH3 is 1. The molecule has 0 saturated heterocycles. The molecule has 0 bridgehead atoms. The number of halogens is 1. The largest absolute Gasteiger partial charge is 0.490 e. The van der Waals surface area contributed by atoms with Gasteiger partial charge in [0, 0.05) is 12.1 Å². The second-order valence-corrected chi connectivity index (χ2v) is 5.07. The van der Waals surface area contributed by atoms with Crippen LogP contribution in [0.3, 0.4) is 0 Å². The molecule has 2 nitrogen and oxygen atoms in total. The van der Waals surface area contributed by atoms with Crippen LogP contribution in [0.4, 0.5) is 0 Å². The van der Waals surface area contributed by atoms with Crippen molar-refractivity contribution in [2.75, 3.05) is 7.11 Å². The highest BCUT2D eigenvalue weighted by molar-refractivity contribution is 6.33. The van der Waals surface area contributed by atoms with Crippen molar-refractivity contribution in [2.45, 2.75) is 0 Å². The molecule has 2 aromatic carbocycles. The number of aromatic nitrogens is 1. The van der Waals surface area contributed by atoms with Crippen LogP contribution in [0, 0.1) is 0 Å². The molecule has 3 heteroatoms. The fraction of sp³-hybridized carbons (Fsp3) is 0.118. The SMILES string of the molecule is COc1cc2ccccc2[n+](C)c1-c1ccccc1Cl. The number of benzene rings is 2. The number of rotatable bonds is 2. The maximum absolute atomic E-state index is 6.34. The third-order valence-corrected chi connectivity index (χ3v) is 3.83. The Kier molecular flexibility index (Phi) is 3.33. The summed E-state index contributed by atoms with van der Waals surface area (Å²) in [5.74, 6) is 0.819. The van der Waals surface area contributed by atoms with Crippen molar-refractivity contribution in [1.82, 2.24) is 0 Å². The van der Waals surface area contributed by atoms with E-state index in [0.717, 1.165) is 32.9 Å². The molecule has 0 atom stereocenters. The van der Waals surface area contributed by atoms with E-state index in [1.165, 1.54) is 0 Å². The standard InChI is InChI=1S/C17H15ClNO/c1-19-15-10-6-3-7-12(15)11-16(20-2)17(19)13-8-4-5-9-14(13)18/h3-11H,1-2H3/q+1. The predicted molar refractivity (Wildman–Crippen MR) is 82.1 cm³/mol. The molecule has 0 radical (unpaired) electrons. The minimum absolute atomic E-state index is 0.719. The molecule has 0 fully saturated rings. The Morgan fingerprint density at radius 1 is 1.00 bits per heavy atom. The first-order valence-corrected chi connectivity index (χ1v) is 6.81. The molecular formula is C17H15ClNO+. The molecule has 3 aromatic rings. The van der Waals surface area contributed by atoms with E-state index >= 15 is 0 Å². The van der Waals surface area contributed by atoms with Crippen LogP contribution in [-0.4, -0.2) is 7.11 Å². The van der Waals surface area contributed by atoms with Crippen molar-refractivity contribution in [2.24, 2.45) is 7.05 Å². The summed E-state index contributed by atoms with van der Waals surface area (Å²) in [4.78, 5) is 0. The summed E-state index contributed by atoms with van der Waals surface area (Å²) in [6.45, 7) is 0. The molecule has 0 aliphatic heterocycles. The van der Waals surface area contributed by atoms with E-state index in [-0.39, 0.29) is 0 Å². The number of aryl methyl sites for hydroxylation is 1. The Bertz CT molecular complexity index is 783. The second-order valence-electron chi connectivity index (χ2n) is 4.66. The maximum atomic E-state index is 6.34. The minimum Gasteiger partial charge on any atom is -0.490 e. The van der Waals surface area contributed by atoms with Gasteiger partial charge in [-0.3, -0.25) is 0 Å². The summed E-state index contributed by atoms with van der Waals surface area (Å²) in [5, 5.41) is 1.86. The highest BCUT2D eigenvalue weighted by Gasteiger charge is 2.22. The molecule has 3 rings (SSSR count). The van der Waals surface area contributed by atoms with Crippen LogP contribution in [-0.2, 0) is 7.05 Å². The first-order valence-electron chi connectivity index (χ1n) is 6.43. The second kappa shape index (κ2) is 5.14. The quantitative estimate of drug-likeness (QED) is 0.649. The van der Waals surface area contributed by atoms with Gasteiger partial charge in [0.05, 0.1) is 23.1 Å². The van der Waals surface area contributed by atoms with Gasteiger partial charge >= 0.3 is 0 Å². The van der Waals surface area contributed by atoms with E-state index in [9.17, 15) is 0 Å². The summed E-state index contributed by atoms with van der Waals surface area (Å²) in [5.41, 5.74) is 3.10. The summed E-state index contributed by atoms with van der Waals surface area (Å²) < 4.78 is 7.68. The predicted octanol–water partition coefficient (Wildman–Crippen LogP) is 3.99. The van der Waals surface area contributed by atoms with Crippen LogP contribution in [0.2, 0.25) is 5.02 Å². The molecule has 0 unspecified atom stereocenters. The Morgan fingerprint density at radius 2 is 1.70 bits per heavy atom. The van der Waals surface area contributed by atoms with Crippen molar-refractivity contribution in [3.63, 3.8) is 0 Å². The number of hydrogen-bond donors (Lipinski definition) is 0. The maximum Gasteiger partial charge on any atom is 0.256 e. The average Bonchev–Trinajstić information content (AvgIpc) is 2.48. The number of fused-ring (bicyclic) bond motifs is 1. The van der Waals surface area contributed by atoms with Gasteiger partial charge in [-0.2, -0.15) is 4.57 Å². The minimum atomic E-state index is 0.719. The zero-order chi connectivity index (χ0) is 14.1. The molecular weight excluding hydrogens is 270 g/mol. The molecule has 0 N–H and O–H groups in total. The third-order valence-electron chi connectivity index (χ3n) is 3.50. The summed E-state index contributed by atoms with van der Waals surface area (Å²) in [7, 11) is 3.72. The molecule has 0 aliphatic rings. The number of hydrogen-bond acceptors (Lipinski definition) is 1. The van der Waals surface area contributed by atoms with E-state index in [0.29, 0.717) is 0 Å². The first-order chi connectivity index (χ1) is 9.72. The first kappa shape index (κ1) is 12.9. The van der Waals surface area contributed by atoms with Gasteiger partial charge in [0.2, 0.25) is 5.52 Å². The van der Waals surface area contributed by atoms with Crippen molar-refractivity contribution in [1.29, 1.82) is 0 Å². The van der Waals surface area contributed by atoms with Gasteiger partial charge < -0.3 is 4.74 Å². The van der Waals surface area contributed by atoms with Crippen LogP contribution in [0.15, 0.2) is 54.6 Å². The molecule has 1 heterocycles. The molecule has 20 heavy (non-hydrogen) atoms. The normalized spacial score (nSPS) is 10.8. The molecule has 0 spiro atoms. The Morgan fingerprint density at radius 3 is 2.45 bits per heavy atom. The van der Waals surface area contributed by atoms with E-state index < -0.39 is 0 Å². The van der Waals surface area contributed by atoms with Crippen molar-refractivity contribution in [3.8, 4) is 17.0 Å². The number of ether oxygens (including phenoxy) is 1. The molecule has 0 saturated carbocycles. The number of pyridine rings is 1. The Labute approximate surface area is 123 Å². The Balaban J connectivity index is 2.40. The topological polar surface area (TPSA) is 13.1 Å². The molecule has 100 valence electrons. The van der Waals surface area contributed by atoms with Crippen LogP contribution in [0.5, 0.6) is 5.75 Å². The van der Waals surface area contributed by atoms with Crippen molar-refractivity contribution >= 4 is 22.5 Å². The van der Waals surface area contributed by atoms with Gasteiger partial charge in [-0.05, 0) is 18.2 Å². The van der Waals surface area contributed by atoms with Crippen LogP contribution in [0.1, 0.15) is 0 Å². The van der Waals surface area contributed by atoms with Crippen molar-refractivity contribution in [3.05, 3.63) is 59.6 Å². The average molecular weight is 285 g/mol. The summed E-state index contributed by atoms with van der Waals surface area (Å²) >= 11 is 6.34. The highest BCUT2D eigenvalue weighted by atomic mass is 35.5. The van der Waals surface area contributed by atoms with Gasteiger partial charge in [0.1, 0.15) is 7.05 Å². The molecule has 0 amide bonds. The van der Waals surface area contributed by atoms with Crippen molar-refractivity contribution < 1.29 is 9.30 Å². The van der Waals surface area contributed by atoms with Crippen LogP contribution < -0.4 is 9.30 Å². The molecule has 0 aliphatic carbocycles.